The van der Waals surface area contributed by atoms with Gasteiger partial charge in [0.1, 0.15) is 0 Å². The Balaban J connectivity index is 1.49. The normalized spacial score (nSPS) is 14.8. The number of hydrogen-bond donors (Lipinski definition) is 1. The Morgan fingerprint density at radius 2 is 2.03 bits per heavy atom. The molecule has 1 fully saturated rings. The van der Waals surface area contributed by atoms with Crippen molar-refractivity contribution < 1.29 is 19.1 Å². The number of nitro benzene ring substituents is 1. The lowest BCUT2D eigenvalue weighted by Crippen LogP contribution is -2.37. The van der Waals surface area contributed by atoms with Crippen molar-refractivity contribution in [3.63, 3.8) is 0 Å². The van der Waals surface area contributed by atoms with Crippen molar-refractivity contribution in [1.82, 2.24) is 15.1 Å². The zero-order valence-electron chi connectivity index (χ0n) is 18.0. The third kappa shape index (κ3) is 5.06. The highest BCUT2D eigenvalue weighted by Gasteiger charge is 2.19. The highest BCUT2D eigenvalue weighted by molar-refractivity contribution is 5.90. The van der Waals surface area contributed by atoms with Gasteiger partial charge in [-0.05, 0) is 30.7 Å². The van der Waals surface area contributed by atoms with Crippen molar-refractivity contribution in [2.45, 2.75) is 6.42 Å². The number of para-hydroxylation sites is 1. The van der Waals surface area contributed by atoms with E-state index in [0.717, 1.165) is 50.2 Å². The SMILES string of the molecule is COc1cc(/C=C/c2n[nH]c3ccccc23)c([N+](=O)[O-])cc1OCCCN1CCOCC1. The molecule has 1 saturated heterocycles. The number of H-pyrrole nitrogens is 1. The molecule has 1 aromatic heterocycles. The Hall–Kier alpha value is -3.43. The van der Waals surface area contributed by atoms with Gasteiger partial charge < -0.3 is 14.2 Å². The van der Waals surface area contributed by atoms with Gasteiger partial charge in [-0.15, -0.1) is 0 Å². The maximum atomic E-state index is 11.7. The topological polar surface area (TPSA) is 103 Å². The lowest BCUT2D eigenvalue weighted by atomic mass is 10.1. The molecule has 9 nitrogen and oxygen atoms in total. The van der Waals surface area contributed by atoms with Crippen molar-refractivity contribution in [3.8, 4) is 11.5 Å². The molecule has 2 aromatic carbocycles. The predicted octanol–water partition coefficient (Wildman–Crippen LogP) is 3.75. The molecule has 0 spiro atoms. The predicted molar refractivity (Wildman–Crippen MR) is 122 cm³/mol. The second-order valence-corrected chi connectivity index (χ2v) is 7.46. The van der Waals surface area contributed by atoms with Crippen molar-refractivity contribution >= 4 is 28.7 Å². The molecule has 0 unspecified atom stereocenters. The lowest BCUT2D eigenvalue weighted by molar-refractivity contribution is -0.385. The van der Waals surface area contributed by atoms with Gasteiger partial charge in [-0.3, -0.25) is 20.1 Å². The van der Waals surface area contributed by atoms with E-state index in [2.05, 4.69) is 15.1 Å². The fourth-order valence-corrected chi connectivity index (χ4v) is 3.70. The van der Waals surface area contributed by atoms with Gasteiger partial charge in [0.2, 0.25) is 0 Å². The van der Waals surface area contributed by atoms with Gasteiger partial charge in [0.25, 0.3) is 5.69 Å². The fraction of sp³-hybridized carbons (Fsp3) is 0.348. The van der Waals surface area contributed by atoms with Crippen LogP contribution in [-0.2, 0) is 4.74 Å². The average Bonchev–Trinajstić information content (AvgIpc) is 3.24. The van der Waals surface area contributed by atoms with E-state index in [9.17, 15) is 10.1 Å². The molecule has 0 aliphatic carbocycles. The molecule has 3 aromatic rings. The first-order valence-electron chi connectivity index (χ1n) is 10.6. The summed E-state index contributed by atoms with van der Waals surface area (Å²) in [5.41, 5.74) is 1.97. The molecule has 32 heavy (non-hydrogen) atoms. The number of rotatable bonds is 9. The summed E-state index contributed by atoms with van der Waals surface area (Å²) in [4.78, 5) is 13.6. The smallest absolute Gasteiger partial charge is 0.280 e. The summed E-state index contributed by atoms with van der Waals surface area (Å²) in [5.74, 6) is 0.817. The molecule has 0 bridgehead atoms. The Labute approximate surface area is 185 Å². The minimum atomic E-state index is -0.414. The molecule has 2 heterocycles. The minimum absolute atomic E-state index is 0.0509. The molecule has 168 valence electrons. The molecule has 0 atom stereocenters. The van der Waals surface area contributed by atoms with Gasteiger partial charge in [-0.2, -0.15) is 5.10 Å². The number of ether oxygens (including phenoxy) is 3. The van der Waals surface area contributed by atoms with Gasteiger partial charge in [0.15, 0.2) is 11.5 Å². The maximum absolute atomic E-state index is 11.7. The number of nitrogens with one attached hydrogen (secondary N) is 1. The van der Waals surface area contributed by atoms with Crippen LogP contribution in [0.3, 0.4) is 0 Å². The first kappa shape index (κ1) is 21.8. The quantitative estimate of drug-likeness (QED) is 0.308. The van der Waals surface area contributed by atoms with E-state index in [1.807, 2.05) is 24.3 Å². The zero-order chi connectivity index (χ0) is 22.3. The van der Waals surface area contributed by atoms with Gasteiger partial charge in [-0.1, -0.05) is 18.2 Å². The number of aromatic amines is 1. The molecule has 4 rings (SSSR count). The Bertz CT molecular complexity index is 1100. The zero-order valence-corrected chi connectivity index (χ0v) is 18.0. The summed E-state index contributed by atoms with van der Waals surface area (Å²) in [6.07, 6.45) is 4.24. The van der Waals surface area contributed by atoms with Crippen LogP contribution in [-0.4, -0.2) is 66.6 Å². The van der Waals surface area contributed by atoms with Crippen LogP contribution in [0.2, 0.25) is 0 Å². The van der Waals surface area contributed by atoms with E-state index < -0.39 is 4.92 Å². The molecular weight excluding hydrogens is 412 g/mol. The number of fused-ring (bicyclic) bond motifs is 1. The number of hydrogen-bond acceptors (Lipinski definition) is 7. The van der Waals surface area contributed by atoms with E-state index >= 15 is 0 Å². The molecule has 1 aliphatic rings. The van der Waals surface area contributed by atoms with Gasteiger partial charge in [0, 0.05) is 25.0 Å². The lowest BCUT2D eigenvalue weighted by Gasteiger charge is -2.26. The largest absolute Gasteiger partial charge is 0.493 e. The number of aromatic nitrogens is 2. The monoisotopic (exact) mass is 438 g/mol. The second-order valence-electron chi connectivity index (χ2n) is 7.46. The Kier molecular flexibility index (Phi) is 6.98. The van der Waals surface area contributed by atoms with Crippen LogP contribution >= 0.6 is 0 Å². The molecule has 0 saturated carbocycles. The summed E-state index contributed by atoms with van der Waals surface area (Å²) < 4.78 is 16.6. The second kappa shape index (κ2) is 10.3. The highest BCUT2D eigenvalue weighted by atomic mass is 16.6. The van der Waals surface area contributed by atoms with Crippen LogP contribution < -0.4 is 9.47 Å². The molecule has 1 N–H and O–H groups in total. The number of nitro groups is 1. The summed E-state index contributed by atoms with van der Waals surface area (Å²) in [7, 11) is 1.52. The maximum Gasteiger partial charge on any atom is 0.280 e. The number of benzene rings is 2. The van der Waals surface area contributed by atoms with Crippen LogP contribution in [0.25, 0.3) is 23.1 Å². The van der Waals surface area contributed by atoms with Crippen LogP contribution in [0.5, 0.6) is 11.5 Å². The van der Waals surface area contributed by atoms with Gasteiger partial charge in [0.05, 0.1) is 54.7 Å². The third-order valence-corrected chi connectivity index (χ3v) is 5.41. The molecular formula is C23H26N4O5. The molecule has 9 heteroatoms. The Morgan fingerprint density at radius 3 is 2.81 bits per heavy atom. The number of morpholine rings is 1. The van der Waals surface area contributed by atoms with Crippen molar-refractivity contribution in [2.75, 3.05) is 46.6 Å². The van der Waals surface area contributed by atoms with E-state index in [1.54, 1.807) is 18.2 Å². The first-order chi connectivity index (χ1) is 15.7. The van der Waals surface area contributed by atoms with E-state index in [-0.39, 0.29) is 5.69 Å². The van der Waals surface area contributed by atoms with E-state index in [0.29, 0.717) is 29.4 Å². The van der Waals surface area contributed by atoms with Crippen LogP contribution in [0.1, 0.15) is 17.7 Å². The van der Waals surface area contributed by atoms with Crippen LogP contribution in [0, 0.1) is 10.1 Å². The van der Waals surface area contributed by atoms with Crippen molar-refractivity contribution in [1.29, 1.82) is 0 Å². The van der Waals surface area contributed by atoms with Crippen molar-refractivity contribution in [2.24, 2.45) is 0 Å². The first-order valence-corrected chi connectivity index (χ1v) is 10.6. The van der Waals surface area contributed by atoms with Gasteiger partial charge in [-0.25, -0.2) is 0 Å². The van der Waals surface area contributed by atoms with Crippen molar-refractivity contribution in [3.05, 3.63) is 57.8 Å². The van der Waals surface area contributed by atoms with Crippen LogP contribution in [0.4, 0.5) is 5.69 Å². The van der Waals surface area contributed by atoms with Gasteiger partial charge >= 0.3 is 0 Å². The summed E-state index contributed by atoms with van der Waals surface area (Å²) in [5, 5.41) is 19.9. The molecule has 1 aliphatic heterocycles. The highest BCUT2D eigenvalue weighted by Crippen LogP contribution is 2.36. The Morgan fingerprint density at radius 1 is 1.22 bits per heavy atom. The average molecular weight is 438 g/mol. The summed E-state index contributed by atoms with van der Waals surface area (Å²) in [6.45, 7) is 4.68. The minimum Gasteiger partial charge on any atom is -0.493 e. The fourth-order valence-electron chi connectivity index (χ4n) is 3.70. The number of nitrogens with zero attached hydrogens (tertiary/aromatic N) is 3. The molecule has 0 radical (unpaired) electrons. The van der Waals surface area contributed by atoms with E-state index in [4.69, 9.17) is 14.2 Å². The summed E-state index contributed by atoms with van der Waals surface area (Å²) >= 11 is 0. The summed E-state index contributed by atoms with van der Waals surface area (Å²) in [6, 6.07) is 10.8. The van der Waals surface area contributed by atoms with E-state index in [1.165, 1.54) is 13.2 Å². The van der Waals surface area contributed by atoms with Crippen LogP contribution in [0.15, 0.2) is 36.4 Å². The third-order valence-electron chi connectivity index (χ3n) is 5.41. The standard InChI is InChI=1S/C23H26N4O5/c1-30-22-15-17(7-8-20-18-5-2-3-6-19(18)24-25-20)21(27(28)29)16-23(22)32-12-4-9-26-10-13-31-14-11-26/h2-3,5-8,15-16H,4,9-14H2,1H3,(H,24,25)/b8-7+. The molecule has 0 amide bonds. The number of methoxy groups -OCH3 is 1.